The molecule has 0 spiro atoms. The number of carbonyl (C=O) groups is 3. The van der Waals surface area contributed by atoms with Crippen LogP contribution in [0.2, 0.25) is 0 Å². The van der Waals surface area contributed by atoms with E-state index in [9.17, 15) is 14.4 Å². The number of carbonyl (C=O) groups excluding carboxylic acids is 3. The van der Waals surface area contributed by atoms with Gasteiger partial charge in [-0.1, -0.05) is 37.3 Å². The van der Waals surface area contributed by atoms with Crippen LogP contribution in [0.15, 0.2) is 42.5 Å². The van der Waals surface area contributed by atoms with E-state index in [0.29, 0.717) is 6.42 Å². The van der Waals surface area contributed by atoms with Crippen LogP contribution in [0.25, 0.3) is 0 Å². The van der Waals surface area contributed by atoms with Crippen LogP contribution < -0.4 is 5.32 Å². The Balaban J connectivity index is 2.62. The van der Waals surface area contributed by atoms with Gasteiger partial charge < -0.3 is 14.8 Å². The van der Waals surface area contributed by atoms with Gasteiger partial charge in [0.2, 0.25) is 5.91 Å². The van der Waals surface area contributed by atoms with Crippen LogP contribution in [0.5, 0.6) is 0 Å². The molecular formula is C17H21NO5. The molecule has 6 nitrogen and oxygen atoms in total. The number of benzene rings is 1. The number of nitrogens with one attached hydrogen (secondary N) is 1. The molecular weight excluding hydrogens is 298 g/mol. The van der Waals surface area contributed by atoms with Gasteiger partial charge in [-0.25, -0.2) is 9.59 Å². The summed E-state index contributed by atoms with van der Waals surface area (Å²) < 4.78 is 9.75. The molecule has 124 valence electrons. The number of hydrogen-bond donors (Lipinski definition) is 1. The lowest BCUT2D eigenvalue weighted by Crippen LogP contribution is -2.31. The number of esters is 2. The van der Waals surface area contributed by atoms with Crippen molar-refractivity contribution in [2.45, 2.75) is 26.3 Å². The van der Waals surface area contributed by atoms with Crippen molar-refractivity contribution in [3.05, 3.63) is 48.0 Å². The molecule has 0 aromatic heterocycles. The Morgan fingerprint density at radius 2 is 1.65 bits per heavy atom. The molecule has 1 N–H and O–H groups in total. The van der Waals surface area contributed by atoms with Crippen molar-refractivity contribution < 1.29 is 23.9 Å². The molecule has 0 saturated carbocycles. The second-order valence-electron chi connectivity index (χ2n) is 4.60. The summed E-state index contributed by atoms with van der Waals surface area (Å²) in [5.41, 5.74) is 0.830. The first kappa shape index (κ1) is 18.4. The maximum Gasteiger partial charge on any atom is 0.331 e. The molecule has 0 aliphatic rings. The monoisotopic (exact) mass is 319 g/mol. The van der Waals surface area contributed by atoms with E-state index in [2.05, 4.69) is 10.1 Å². The van der Waals surface area contributed by atoms with E-state index >= 15 is 0 Å². The second kappa shape index (κ2) is 10.2. The first-order valence-electron chi connectivity index (χ1n) is 7.42. The fraction of sp³-hybridized carbons (Fsp3) is 0.353. The quantitative estimate of drug-likeness (QED) is 0.585. The van der Waals surface area contributed by atoms with Crippen LogP contribution in [-0.4, -0.2) is 31.1 Å². The minimum atomic E-state index is -0.676. The summed E-state index contributed by atoms with van der Waals surface area (Å²) in [5.74, 6) is -1.43. The van der Waals surface area contributed by atoms with Crippen molar-refractivity contribution in [2.75, 3.05) is 13.2 Å². The molecule has 6 heteroatoms. The lowest BCUT2D eigenvalue weighted by Gasteiger charge is -2.18. The molecule has 0 bridgehead atoms. The van der Waals surface area contributed by atoms with Gasteiger partial charge in [-0.2, -0.15) is 0 Å². The van der Waals surface area contributed by atoms with Crippen LogP contribution in [0, 0.1) is 0 Å². The molecule has 23 heavy (non-hydrogen) atoms. The van der Waals surface area contributed by atoms with Gasteiger partial charge in [0.1, 0.15) is 6.61 Å². The molecule has 0 saturated heterocycles. The zero-order valence-corrected chi connectivity index (χ0v) is 13.3. The lowest BCUT2D eigenvalue weighted by atomic mass is 10.1. The third kappa shape index (κ3) is 7.26. The van der Waals surface area contributed by atoms with Gasteiger partial charge in [0.15, 0.2) is 0 Å². The highest BCUT2D eigenvalue weighted by atomic mass is 16.5. The molecule has 1 atom stereocenters. The van der Waals surface area contributed by atoms with E-state index in [0.717, 1.165) is 17.7 Å². The standard InChI is InChI=1S/C17H21NO5/c1-3-15(19)18-14(13-8-6-5-7-9-13)12-23-17(21)11-10-16(20)22-4-2/h5-11,14H,3-4,12H2,1-2H3,(H,18,19)/b11-10+/t14-/m1/s1. The summed E-state index contributed by atoms with van der Waals surface area (Å²) >= 11 is 0. The van der Waals surface area contributed by atoms with E-state index in [4.69, 9.17) is 4.74 Å². The fourth-order valence-electron chi connectivity index (χ4n) is 1.74. The average molecular weight is 319 g/mol. The molecule has 0 fully saturated rings. The number of rotatable bonds is 8. The zero-order chi connectivity index (χ0) is 17.1. The topological polar surface area (TPSA) is 81.7 Å². The van der Waals surface area contributed by atoms with E-state index in [1.807, 2.05) is 30.3 Å². The van der Waals surface area contributed by atoms with E-state index in [1.165, 1.54) is 0 Å². The molecule has 0 aliphatic heterocycles. The van der Waals surface area contributed by atoms with Gasteiger partial charge in [-0.15, -0.1) is 0 Å². The Morgan fingerprint density at radius 3 is 2.22 bits per heavy atom. The largest absolute Gasteiger partial charge is 0.463 e. The van der Waals surface area contributed by atoms with Gasteiger partial charge in [-0.05, 0) is 12.5 Å². The smallest absolute Gasteiger partial charge is 0.331 e. The molecule has 0 aliphatic carbocycles. The fourth-order valence-corrected chi connectivity index (χ4v) is 1.74. The van der Waals surface area contributed by atoms with E-state index in [-0.39, 0.29) is 19.1 Å². The summed E-state index contributed by atoms with van der Waals surface area (Å²) in [7, 11) is 0. The van der Waals surface area contributed by atoms with Gasteiger partial charge in [0.05, 0.1) is 12.6 Å². The number of amides is 1. The number of hydrogen-bond acceptors (Lipinski definition) is 5. The lowest BCUT2D eigenvalue weighted by molar-refractivity contribution is -0.141. The van der Waals surface area contributed by atoms with Crippen molar-refractivity contribution in [3.63, 3.8) is 0 Å². The normalized spacial score (nSPS) is 11.7. The molecule has 1 rings (SSSR count). The summed E-state index contributed by atoms with van der Waals surface area (Å²) in [6, 6.07) is 8.76. The summed E-state index contributed by atoms with van der Waals surface area (Å²) in [4.78, 5) is 34.3. The van der Waals surface area contributed by atoms with Gasteiger partial charge in [0.25, 0.3) is 0 Å². The van der Waals surface area contributed by atoms with Gasteiger partial charge in [0, 0.05) is 18.6 Å². The third-order valence-corrected chi connectivity index (χ3v) is 2.89. The van der Waals surface area contributed by atoms with Crippen molar-refractivity contribution >= 4 is 17.8 Å². The minimum Gasteiger partial charge on any atom is -0.463 e. The Morgan fingerprint density at radius 1 is 1.04 bits per heavy atom. The SMILES string of the molecule is CCOC(=O)/C=C/C(=O)OC[C@@H](NC(=O)CC)c1ccccc1. The predicted octanol–water partition coefficient (Wildman–Crippen LogP) is 1.92. The first-order valence-corrected chi connectivity index (χ1v) is 7.42. The van der Waals surface area contributed by atoms with E-state index < -0.39 is 18.0 Å². The summed E-state index contributed by atoms with van der Waals surface area (Å²) in [6.45, 7) is 3.62. The van der Waals surface area contributed by atoms with Gasteiger partial charge in [-0.3, -0.25) is 4.79 Å². The van der Waals surface area contributed by atoms with Crippen molar-refractivity contribution in [2.24, 2.45) is 0 Å². The maximum atomic E-state index is 11.6. The predicted molar refractivity (Wildman–Crippen MR) is 84.3 cm³/mol. The second-order valence-corrected chi connectivity index (χ2v) is 4.60. The summed E-state index contributed by atoms with van der Waals surface area (Å²) in [6.07, 6.45) is 2.34. The Labute approximate surface area is 135 Å². The average Bonchev–Trinajstić information content (AvgIpc) is 2.57. The molecule has 0 heterocycles. The summed E-state index contributed by atoms with van der Waals surface area (Å²) in [5, 5.41) is 2.79. The molecule has 0 unspecified atom stereocenters. The van der Waals surface area contributed by atoms with E-state index in [1.54, 1.807) is 13.8 Å². The minimum absolute atomic E-state index is 0.0260. The molecule has 1 aromatic rings. The van der Waals surface area contributed by atoms with Gasteiger partial charge >= 0.3 is 11.9 Å². The molecule has 0 radical (unpaired) electrons. The van der Waals surface area contributed by atoms with Crippen LogP contribution in [0.3, 0.4) is 0 Å². The Hall–Kier alpha value is -2.63. The van der Waals surface area contributed by atoms with Crippen LogP contribution >= 0.6 is 0 Å². The Kier molecular flexibility index (Phi) is 8.13. The highest BCUT2D eigenvalue weighted by Gasteiger charge is 2.15. The van der Waals surface area contributed by atoms with Crippen molar-refractivity contribution in [1.82, 2.24) is 5.32 Å². The molecule has 1 aromatic carbocycles. The van der Waals surface area contributed by atoms with Crippen molar-refractivity contribution in [1.29, 1.82) is 0 Å². The number of ether oxygens (including phenoxy) is 2. The Bertz CT molecular complexity index is 553. The third-order valence-electron chi connectivity index (χ3n) is 2.89. The van der Waals surface area contributed by atoms with Crippen molar-refractivity contribution in [3.8, 4) is 0 Å². The first-order chi connectivity index (χ1) is 11.1. The molecule has 1 amide bonds. The highest BCUT2D eigenvalue weighted by molar-refractivity contribution is 5.91. The zero-order valence-electron chi connectivity index (χ0n) is 13.3. The van der Waals surface area contributed by atoms with Crippen LogP contribution in [-0.2, 0) is 23.9 Å². The highest BCUT2D eigenvalue weighted by Crippen LogP contribution is 2.13. The van der Waals surface area contributed by atoms with Crippen LogP contribution in [0.4, 0.5) is 0 Å². The maximum absolute atomic E-state index is 11.6. The van der Waals surface area contributed by atoms with Crippen LogP contribution in [0.1, 0.15) is 31.9 Å².